The second-order valence-corrected chi connectivity index (χ2v) is 6.17. The third-order valence-corrected chi connectivity index (χ3v) is 4.00. The Morgan fingerprint density at radius 3 is 2.58 bits per heavy atom. The molecule has 2 unspecified atom stereocenters. The van der Waals surface area contributed by atoms with Gasteiger partial charge in [-0.15, -0.1) is 0 Å². The standard InChI is InChI=1S/C15H23ClN2O/c1-10-6-11(2)8-12(7-10)19-15-5-4-13(16)14(18-15)9-17-3/h4-5,10-12,17H,6-9H2,1-3H3. The number of nitrogens with one attached hydrogen (secondary N) is 1. The van der Waals surface area contributed by atoms with E-state index in [0.717, 1.165) is 30.4 Å². The van der Waals surface area contributed by atoms with Crippen molar-refractivity contribution in [2.24, 2.45) is 11.8 Å². The minimum atomic E-state index is 0.287. The monoisotopic (exact) mass is 282 g/mol. The van der Waals surface area contributed by atoms with E-state index in [4.69, 9.17) is 16.3 Å². The van der Waals surface area contributed by atoms with E-state index in [1.54, 1.807) is 0 Å². The summed E-state index contributed by atoms with van der Waals surface area (Å²) < 4.78 is 6.04. The number of nitrogens with zero attached hydrogens (tertiary/aromatic N) is 1. The molecule has 1 heterocycles. The smallest absolute Gasteiger partial charge is 0.213 e. The van der Waals surface area contributed by atoms with Crippen LogP contribution < -0.4 is 10.1 Å². The molecule has 0 aliphatic heterocycles. The highest BCUT2D eigenvalue weighted by Gasteiger charge is 2.25. The van der Waals surface area contributed by atoms with Crippen LogP contribution in [0.2, 0.25) is 5.02 Å². The molecule has 3 nitrogen and oxygen atoms in total. The minimum Gasteiger partial charge on any atom is -0.474 e. The van der Waals surface area contributed by atoms with Crippen LogP contribution in [0.5, 0.6) is 5.88 Å². The van der Waals surface area contributed by atoms with Crippen molar-refractivity contribution in [3.05, 3.63) is 22.8 Å². The topological polar surface area (TPSA) is 34.2 Å². The third kappa shape index (κ3) is 4.08. The molecule has 1 aromatic rings. The van der Waals surface area contributed by atoms with Crippen LogP contribution in [0, 0.1) is 11.8 Å². The molecule has 0 aromatic carbocycles. The molecule has 0 spiro atoms. The van der Waals surface area contributed by atoms with Gasteiger partial charge in [-0.1, -0.05) is 25.4 Å². The SMILES string of the molecule is CNCc1nc(OC2CC(C)CC(C)C2)ccc1Cl. The molecule has 1 aliphatic carbocycles. The van der Waals surface area contributed by atoms with E-state index in [1.165, 1.54) is 6.42 Å². The summed E-state index contributed by atoms with van der Waals surface area (Å²) >= 11 is 6.11. The molecule has 106 valence electrons. The van der Waals surface area contributed by atoms with Crippen LogP contribution in [0.3, 0.4) is 0 Å². The van der Waals surface area contributed by atoms with Gasteiger partial charge in [0.15, 0.2) is 0 Å². The van der Waals surface area contributed by atoms with E-state index in [2.05, 4.69) is 24.1 Å². The van der Waals surface area contributed by atoms with E-state index in [1.807, 2.05) is 19.2 Å². The Labute approximate surface area is 120 Å². The highest BCUT2D eigenvalue weighted by Crippen LogP contribution is 2.31. The fourth-order valence-electron chi connectivity index (χ4n) is 2.96. The van der Waals surface area contributed by atoms with Crippen molar-refractivity contribution in [1.29, 1.82) is 0 Å². The number of hydrogen-bond donors (Lipinski definition) is 1. The quantitative estimate of drug-likeness (QED) is 0.915. The number of rotatable bonds is 4. The summed E-state index contributed by atoms with van der Waals surface area (Å²) in [5, 5.41) is 3.75. The van der Waals surface area contributed by atoms with Crippen LogP contribution in [-0.4, -0.2) is 18.1 Å². The molecule has 1 aromatic heterocycles. The molecule has 4 heteroatoms. The highest BCUT2D eigenvalue weighted by molar-refractivity contribution is 6.31. The van der Waals surface area contributed by atoms with Crippen molar-refractivity contribution in [2.75, 3.05) is 7.05 Å². The molecule has 19 heavy (non-hydrogen) atoms. The number of halogens is 1. The normalized spacial score (nSPS) is 27.3. The number of pyridine rings is 1. The maximum Gasteiger partial charge on any atom is 0.213 e. The van der Waals surface area contributed by atoms with E-state index in [-0.39, 0.29) is 6.10 Å². The summed E-state index contributed by atoms with van der Waals surface area (Å²) in [7, 11) is 1.88. The number of hydrogen-bond acceptors (Lipinski definition) is 3. The summed E-state index contributed by atoms with van der Waals surface area (Å²) in [6, 6.07) is 3.73. The van der Waals surface area contributed by atoms with Crippen LogP contribution in [0.15, 0.2) is 12.1 Å². The molecule has 0 bridgehead atoms. The van der Waals surface area contributed by atoms with Gasteiger partial charge in [-0.25, -0.2) is 4.98 Å². The van der Waals surface area contributed by atoms with Crippen LogP contribution in [0.1, 0.15) is 38.8 Å². The molecule has 0 amide bonds. The highest BCUT2D eigenvalue weighted by atomic mass is 35.5. The molecule has 1 saturated carbocycles. The summed E-state index contributed by atoms with van der Waals surface area (Å²) in [6.07, 6.45) is 3.83. The molecule has 0 saturated heterocycles. The van der Waals surface area contributed by atoms with Gasteiger partial charge in [0.1, 0.15) is 6.10 Å². The van der Waals surface area contributed by atoms with Crippen molar-refractivity contribution in [3.63, 3.8) is 0 Å². The Morgan fingerprint density at radius 2 is 1.95 bits per heavy atom. The maximum absolute atomic E-state index is 6.11. The van der Waals surface area contributed by atoms with E-state index in [9.17, 15) is 0 Å². The lowest BCUT2D eigenvalue weighted by atomic mass is 9.82. The molecule has 2 rings (SSSR count). The Bertz CT molecular complexity index is 415. The van der Waals surface area contributed by atoms with E-state index >= 15 is 0 Å². The maximum atomic E-state index is 6.11. The van der Waals surface area contributed by atoms with Gasteiger partial charge in [-0.05, 0) is 44.2 Å². The predicted octanol–water partition coefficient (Wildman–Crippen LogP) is 3.66. The first kappa shape index (κ1) is 14.6. The van der Waals surface area contributed by atoms with Crippen LogP contribution in [0.4, 0.5) is 0 Å². The summed E-state index contributed by atoms with van der Waals surface area (Å²) in [5.74, 6) is 2.16. The van der Waals surface area contributed by atoms with Gasteiger partial charge in [0.05, 0.1) is 10.7 Å². The lowest BCUT2D eigenvalue weighted by Crippen LogP contribution is -2.28. The molecule has 2 atom stereocenters. The van der Waals surface area contributed by atoms with Gasteiger partial charge in [0.25, 0.3) is 0 Å². The van der Waals surface area contributed by atoms with Gasteiger partial charge >= 0.3 is 0 Å². The first-order chi connectivity index (χ1) is 9.08. The summed E-state index contributed by atoms with van der Waals surface area (Å²) in [4.78, 5) is 4.49. The Hall–Kier alpha value is -0.800. The van der Waals surface area contributed by atoms with Gasteiger partial charge in [-0.3, -0.25) is 0 Å². The van der Waals surface area contributed by atoms with Crippen molar-refractivity contribution < 1.29 is 4.74 Å². The zero-order valence-electron chi connectivity index (χ0n) is 11.9. The lowest BCUT2D eigenvalue weighted by Gasteiger charge is -2.31. The number of ether oxygens (including phenoxy) is 1. The van der Waals surface area contributed by atoms with Crippen molar-refractivity contribution in [1.82, 2.24) is 10.3 Å². The fraction of sp³-hybridized carbons (Fsp3) is 0.667. The van der Waals surface area contributed by atoms with Gasteiger partial charge in [-0.2, -0.15) is 0 Å². The average Bonchev–Trinajstić information content (AvgIpc) is 2.32. The van der Waals surface area contributed by atoms with Crippen LogP contribution in [-0.2, 0) is 6.54 Å². The van der Waals surface area contributed by atoms with Crippen molar-refractivity contribution in [2.45, 2.75) is 45.8 Å². The van der Waals surface area contributed by atoms with E-state index < -0.39 is 0 Å². The third-order valence-electron chi connectivity index (χ3n) is 3.66. The molecule has 1 N–H and O–H groups in total. The van der Waals surface area contributed by atoms with Crippen LogP contribution >= 0.6 is 11.6 Å². The van der Waals surface area contributed by atoms with Crippen LogP contribution in [0.25, 0.3) is 0 Å². The Morgan fingerprint density at radius 1 is 1.26 bits per heavy atom. The van der Waals surface area contributed by atoms with Gasteiger partial charge in [0.2, 0.25) is 5.88 Å². The summed E-state index contributed by atoms with van der Waals surface area (Å²) in [6.45, 7) is 5.26. The molecular weight excluding hydrogens is 260 g/mol. The lowest BCUT2D eigenvalue weighted by molar-refractivity contribution is 0.0965. The Kier molecular flexibility index (Phi) is 5.06. The largest absolute Gasteiger partial charge is 0.474 e. The second-order valence-electron chi connectivity index (χ2n) is 5.77. The number of aromatic nitrogens is 1. The average molecular weight is 283 g/mol. The first-order valence-corrected chi connectivity index (χ1v) is 7.43. The minimum absolute atomic E-state index is 0.287. The molecule has 1 fully saturated rings. The molecular formula is C15H23ClN2O. The Balaban J connectivity index is 2.04. The molecule has 1 aliphatic rings. The van der Waals surface area contributed by atoms with E-state index in [0.29, 0.717) is 17.4 Å². The first-order valence-electron chi connectivity index (χ1n) is 7.05. The second kappa shape index (κ2) is 6.58. The molecule has 0 radical (unpaired) electrons. The predicted molar refractivity (Wildman–Crippen MR) is 78.6 cm³/mol. The van der Waals surface area contributed by atoms with Crippen molar-refractivity contribution in [3.8, 4) is 5.88 Å². The van der Waals surface area contributed by atoms with Crippen molar-refractivity contribution >= 4 is 11.6 Å². The van der Waals surface area contributed by atoms with Gasteiger partial charge < -0.3 is 10.1 Å². The summed E-state index contributed by atoms with van der Waals surface area (Å²) in [5.41, 5.74) is 0.846. The zero-order valence-corrected chi connectivity index (χ0v) is 12.7. The van der Waals surface area contributed by atoms with Gasteiger partial charge in [0, 0.05) is 12.6 Å². The fourth-order valence-corrected chi connectivity index (χ4v) is 3.13. The zero-order chi connectivity index (χ0) is 13.8.